The van der Waals surface area contributed by atoms with Crippen LogP contribution in [0.3, 0.4) is 0 Å². The summed E-state index contributed by atoms with van der Waals surface area (Å²) in [5.41, 5.74) is -1.58. The van der Waals surface area contributed by atoms with Gasteiger partial charge in [-0.15, -0.1) is 0 Å². The van der Waals surface area contributed by atoms with Gasteiger partial charge in [0.05, 0.1) is 5.56 Å². The van der Waals surface area contributed by atoms with Gasteiger partial charge in [0, 0.05) is 19.7 Å². The first kappa shape index (κ1) is 21.3. The van der Waals surface area contributed by atoms with E-state index < -0.39 is 58.6 Å². The average molecular weight is 402 g/mol. The summed E-state index contributed by atoms with van der Waals surface area (Å²) in [6.07, 6.45) is -2.55. The number of carbonyl (C=O) groups is 2. The summed E-state index contributed by atoms with van der Waals surface area (Å²) in [6.45, 7) is 0. The molecule has 2 aromatic rings. The predicted octanol–water partition coefficient (Wildman–Crippen LogP) is 2.30. The largest absolute Gasteiger partial charge is 0.385 e. The fraction of sp³-hybridized carbons (Fsp3) is 0.222. The zero-order chi connectivity index (χ0) is 21.2. The molecular weight excluding hydrogens is 387 g/mol. The van der Waals surface area contributed by atoms with Crippen LogP contribution in [0.4, 0.5) is 22.0 Å². The Morgan fingerprint density at radius 2 is 1.36 bits per heavy atom. The van der Waals surface area contributed by atoms with E-state index in [1.54, 1.807) is 6.07 Å². The van der Waals surface area contributed by atoms with Crippen LogP contribution in [-0.2, 0) is 4.79 Å². The molecule has 5 nitrogen and oxygen atoms in total. The van der Waals surface area contributed by atoms with Gasteiger partial charge in [-0.3, -0.25) is 9.59 Å². The number of hydrogen-bond donors (Lipinski definition) is 2. The average Bonchev–Trinajstić information content (AvgIpc) is 2.68. The molecule has 0 radical (unpaired) electrons. The summed E-state index contributed by atoms with van der Waals surface area (Å²) < 4.78 is 68.2. The molecule has 0 saturated heterocycles. The van der Waals surface area contributed by atoms with Crippen molar-refractivity contribution in [2.24, 2.45) is 0 Å². The molecule has 2 amide bonds. The van der Waals surface area contributed by atoms with Gasteiger partial charge in [0.1, 0.15) is 12.1 Å². The van der Waals surface area contributed by atoms with Gasteiger partial charge in [-0.05, 0) is 12.1 Å². The topological polar surface area (TPSA) is 69.6 Å². The lowest BCUT2D eigenvalue weighted by molar-refractivity contribution is -0.133. The van der Waals surface area contributed by atoms with E-state index in [1.165, 1.54) is 38.4 Å². The van der Waals surface area contributed by atoms with Gasteiger partial charge in [0.2, 0.25) is 11.7 Å². The molecule has 2 aromatic carbocycles. The summed E-state index contributed by atoms with van der Waals surface area (Å²) in [4.78, 5) is 25.5. The van der Waals surface area contributed by atoms with Crippen LogP contribution in [0, 0.1) is 29.1 Å². The van der Waals surface area contributed by atoms with Crippen LogP contribution in [0.2, 0.25) is 0 Å². The Bertz CT molecular complexity index is 877. The zero-order valence-corrected chi connectivity index (χ0v) is 14.6. The minimum Gasteiger partial charge on any atom is -0.385 e. The number of aliphatic hydroxyl groups excluding tert-OH is 1. The van der Waals surface area contributed by atoms with Crippen LogP contribution in [-0.4, -0.2) is 42.0 Å². The van der Waals surface area contributed by atoms with Crippen LogP contribution in [0.15, 0.2) is 30.3 Å². The number of aliphatic hydroxyl groups is 1. The second-order valence-corrected chi connectivity index (χ2v) is 5.98. The number of rotatable bonds is 5. The van der Waals surface area contributed by atoms with Crippen molar-refractivity contribution in [3.8, 4) is 0 Å². The molecule has 2 atom stereocenters. The van der Waals surface area contributed by atoms with E-state index in [0.717, 1.165) is 4.90 Å². The third kappa shape index (κ3) is 3.96. The number of amides is 2. The van der Waals surface area contributed by atoms with Crippen molar-refractivity contribution in [2.75, 3.05) is 14.1 Å². The molecule has 0 unspecified atom stereocenters. The van der Waals surface area contributed by atoms with Crippen molar-refractivity contribution in [3.63, 3.8) is 0 Å². The van der Waals surface area contributed by atoms with Crippen LogP contribution >= 0.6 is 0 Å². The number of halogens is 5. The molecule has 0 spiro atoms. The van der Waals surface area contributed by atoms with E-state index in [2.05, 4.69) is 5.32 Å². The molecule has 0 fully saturated rings. The van der Waals surface area contributed by atoms with Gasteiger partial charge in [-0.2, -0.15) is 0 Å². The van der Waals surface area contributed by atoms with Gasteiger partial charge in [-0.1, -0.05) is 18.2 Å². The lowest BCUT2D eigenvalue weighted by Crippen LogP contribution is -2.50. The van der Waals surface area contributed by atoms with Crippen LogP contribution in [0.5, 0.6) is 0 Å². The Balaban J connectivity index is 2.50. The van der Waals surface area contributed by atoms with E-state index in [4.69, 9.17) is 0 Å². The molecule has 150 valence electrons. The third-order valence-electron chi connectivity index (χ3n) is 3.88. The number of nitrogens with zero attached hydrogens (tertiary/aromatic N) is 1. The molecular formula is C18H15F5N2O3. The van der Waals surface area contributed by atoms with Gasteiger partial charge in [0.25, 0.3) is 5.91 Å². The Labute approximate surface area is 156 Å². The molecule has 28 heavy (non-hydrogen) atoms. The summed E-state index contributed by atoms with van der Waals surface area (Å²) in [6, 6.07) is 5.30. The van der Waals surface area contributed by atoms with Crippen LogP contribution in [0.25, 0.3) is 0 Å². The minimum absolute atomic E-state index is 0.0451. The fourth-order valence-corrected chi connectivity index (χ4v) is 2.42. The molecule has 0 aliphatic rings. The number of nitrogens with one attached hydrogen (secondary N) is 1. The molecule has 0 aliphatic heterocycles. The first-order valence-corrected chi connectivity index (χ1v) is 7.84. The summed E-state index contributed by atoms with van der Waals surface area (Å²) in [5.74, 6) is -13.5. The normalized spacial score (nSPS) is 13.0. The van der Waals surface area contributed by atoms with Gasteiger partial charge in [0.15, 0.2) is 23.3 Å². The Kier molecular flexibility index (Phi) is 6.34. The molecule has 10 heteroatoms. The number of hydrogen-bond acceptors (Lipinski definition) is 3. The van der Waals surface area contributed by atoms with Crippen LogP contribution in [0.1, 0.15) is 22.0 Å². The molecule has 0 bridgehead atoms. The first-order valence-electron chi connectivity index (χ1n) is 7.84. The SMILES string of the molecule is CN(C)C(=O)[C@@H](NC(=O)c1ccccc1)[C@@H](O)c1c(F)c(F)c(F)c(F)c1F. The van der Waals surface area contributed by atoms with E-state index >= 15 is 0 Å². The van der Waals surface area contributed by atoms with Gasteiger partial charge < -0.3 is 15.3 Å². The second kappa shape index (κ2) is 8.34. The maximum atomic E-state index is 14.0. The fourth-order valence-electron chi connectivity index (χ4n) is 2.42. The molecule has 2 N–H and O–H groups in total. The number of carbonyl (C=O) groups excluding carboxylic acids is 2. The third-order valence-corrected chi connectivity index (χ3v) is 3.88. The minimum atomic E-state index is -2.55. The standard InChI is InChI=1S/C18H15F5N2O3/c1-25(2)18(28)15(24-17(27)8-6-4-3-5-7-8)16(26)9-10(19)12(21)14(23)13(22)11(9)20/h3-7,15-16,26H,1-2H3,(H,24,27)/t15-,16-/m0/s1. The molecule has 0 saturated carbocycles. The Morgan fingerprint density at radius 1 is 0.893 bits per heavy atom. The second-order valence-electron chi connectivity index (χ2n) is 5.98. The first-order chi connectivity index (χ1) is 13.1. The number of likely N-dealkylation sites (N-methyl/N-ethyl adjacent to an activating group) is 1. The maximum absolute atomic E-state index is 14.0. The lowest BCUT2D eigenvalue weighted by Gasteiger charge is -2.27. The molecule has 0 heterocycles. The van der Waals surface area contributed by atoms with Crippen molar-refractivity contribution in [3.05, 3.63) is 70.5 Å². The Morgan fingerprint density at radius 3 is 1.82 bits per heavy atom. The van der Waals surface area contributed by atoms with E-state index in [1.807, 2.05) is 0 Å². The quantitative estimate of drug-likeness (QED) is 0.458. The van der Waals surface area contributed by atoms with Crippen molar-refractivity contribution in [1.82, 2.24) is 10.2 Å². The zero-order valence-electron chi connectivity index (χ0n) is 14.6. The highest BCUT2D eigenvalue weighted by atomic mass is 19.2. The van der Waals surface area contributed by atoms with E-state index in [-0.39, 0.29) is 5.56 Å². The Hall–Kier alpha value is -3.01. The molecule has 0 aromatic heterocycles. The monoisotopic (exact) mass is 402 g/mol. The van der Waals surface area contributed by atoms with Gasteiger partial charge in [-0.25, -0.2) is 22.0 Å². The molecule has 0 aliphatic carbocycles. The van der Waals surface area contributed by atoms with Crippen LogP contribution < -0.4 is 5.32 Å². The van der Waals surface area contributed by atoms with Crippen molar-refractivity contribution < 1.29 is 36.6 Å². The highest BCUT2D eigenvalue weighted by Crippen LogP contribution is 2.30. The smallest absolute Gasteiger partial charge is 0.252 e. The predicted molar refractivity (Wildman–Crippen MR) is 87.6 cm³/mol. The summed E-state index contributed by atoms with van der Waals surface area (Å²) in [7, 11) is 2.44. The molecule has 2 rings (SSSR count). The van der Waals surface area contributed by atoms with E-state index in [0.29, 0.717) is 0 Å². The van der Waals surface area contributed by atoms with Crippen molar-refractivity contribution >= 4 is 11.8 Å². The maximum Gasteiger partial charge on any atom is 0.252 e. The highest BCUT2D eigenvalue weighted by molar-refractivity contribution is 5.97. The lowest BCUT2D eigenvalue weighted by atomic mass is 9.98. The van der Waals surface area contributed by atoms with Crippen molar-refractivity contribution in [1.29, 1.82) is 0 Å². The van der Waals surface area contributed by atoms with E-state index in [9.17, 15) is 36.6 Å². The summed E-state index contributed by atoms with van der Waals surface area (Å²) in [5, 5.41) is 12.4. The van der Waals surface area contributed by atoms with Crippen molar-refractivity contribution in [2.45, 2.75) is 12.1 Å². The summed E-state index contributed by atoms with van der Waals surface area (Å²) >= 11 is 0. The highest BCUT2D eigenvalue weighted by Gasteiger charge is 2.38. The number of benzene rings is 2. The van der Waals surface area contributed by atoms with Gasteiger partial charge >= 0.3 is 0 Å².